The maximum atomic E-state index is 12.5. The van der Waals surface area contributed by atoms with Gasteiger partial charge in [0.2, 0.25) is 5.91 Å². The normalized spacial score (nSPS) is 10.4. The molecule has 0 atom stereocenters. The molecule has 132 valence electrons. The fraction of sp³-hybridized carbons (Fsp3) is 0.294. The maximum absolute atomic E-state index is 12.5. The number of ether oxygens (including phenoxy) is 1. The Kier molecular flexibility index (Phi) is 6.35. The summed E-state index contributed by atoms with van der Waals surface area (Å²) in [4.78, 5) is 40.7. The standard InChI is InChI=1S/C17H19N3O4S/c1-4-24-16(23)13-9-18-17(25-3)20(15(13)22)10-14(21)19-12-7-5-11(2)6-8-12/h5-9H,4,10H2,1-3H3,(H,19,21). The zero-order chi connectivity index (χ0) is 18.4. The number of hydrogen-bond donors (Lipinski definition) is 1. The van der Waals surface area contributed by atoms with Crippen molar-refractivity contribution >= 4 is 29.3 Å². The van der Waals surface area contributed by atoms with Crippen LogP contribution in [-0.2, 0) is 16.1 Å². The van der Waals surface area contributed by atoms with Gasteiger partial charge in [0.15, 0.2) is 5.16 Å². The summed E-state index contributed by atoms with van der Waals surface area (Å²) in [6.45, 7) is 3.50. The fourth-order valence-corrected chi connectivity index (χ4v) is 2.64. The molecule has 1 heterocycles. The number of anilines is 1. The molecule has 0 aliphatic carbocycles. The first kappa shape index (κ1) is 18.7. The molecule has 0 unspecified atom stereocenters. The number of rotatable bonds is 6. The number of amides is 1. The summed E-state index contributed by atoms with van der Waals surface area (Å²) in [5.74, 6) is -1.13. The number of aromatic nitrogens is 2. The number of benzene rings is 1. The van der Waals surface area contributed by atoms with E-state index in [0.29, 0.717) is 10.8 Å². The predicted octanol–water partition coefficient (Wildman–Crippen LogP) is 2.09. The van der Waals surface area contributed by atoms with Gasteiger partial charge in [0.25, 0.3) is 5.56 Å². The molecular weight excluding hydrogens is 342 g/mol. The second kappa shape index (κ2) is 8.48. The van der Waals surface area contributed by atoms with Gasteiger partial charge in [0, 0.05) is 5.69 Å². The van der Waals surface area contributed by atoms with Crippen molar-refractivity contribution < 1.29 is 14.3 Å². The quantitative estimate of drug-likeness (QED) is 0.481. The zero-order valence-electron chi connectivity index (χ0n) is 14.2. The van der Waals surface area contributed by atoms with Gasteiger partial charge in [-0.3, -0.25) is 14.2 Å². The molecule has 2 aromatic rings. The van der Waals surface area contributed by atoms with Gasteiger partial charge in [-0.2, -0.15) is 0 Å². The molecule has 0 radical (unpaired) electrons. The molecule has 0 saturated carbocycles. The van der Waals surface area contributed by atoms with Gasteiger partial charge in [-0.05, 0) is 32.2 Å². The van der Waals surface area contributed by atoms with Crippen LogP contribution < -0.4 is 10.9 Å². The molecule has 0 bridgehead atoms. The van der Waals surface area contributed by atoms with E-state index in [4.69, 9.17) is 4.74 Å². The maximum Gasteiger partial charge on any atom is 0.345 e. The molecule has 0 saturated heterocycles. The Morgan fingerprint density at radius 2 is 1.96 bits per heavy atom. The molecule has 7 nitrogen and oxygen atoms in total. The average molecular weight is 361 g/mol. The predicted molar refractivity (Wildman–Crippen MR) is 96.0 cm³/mol. The Morgan fingerprint density at radius 1 is 1.28 bits per heavy atom. The molecule has 0 spiro atoms. The summed E-state index contributed by atoms with van der Waals surface area (Å²) < 4.78 is 6.02. The van der Waals surface area contributed by atoms with Gasteiger partial charge in [-0.25, -0.2) is 9.78 Å². The van der Waals surface area contributed by atoms with Crippen molar-refractivity contribution in [3.05, 3.63) is 51.9 Å². The molecule has 0 fully saturated rings. The number of nitrogens with one attached hydrogen (secondary N) is 1. The van der Waals surface area contributed by atoms with Crippen molar-refractivity contribution in [3.63, 3.8) is 0 Å². The molecular formula is C17H19N3O4S. The van der Waals surface area contributed by atoms with Gasteiger partial charge in [0.05, 0.1) is 12.8 Å². The molecule has 1 aromatic carbocycles. The van der Waals surface area contributed by atoms with Crippen molar-refractivity contribution in [3.8, 4) is 0 Å². The van der Waals surface area contributed by atoms with E-state index in [0.717, 1.165) is 5.56 Å². The smallest absolute Gasteiger partial charge is 0.345 e. The monoisotopic (exact) mass is 361 g/mol. The van der Waals surface area contributed by atoms with Gasteiger partial charge >= 0.3 is 5.97 Å². The van der Waals surface area contributed by atoms with Crippen LogP contribution in [-0.4, -0.2) is 34.3 Å². The number of aryl methyl sites for hydroxylation is 1. The topological polar surface area (TPSA) is 90.3 Å². The van der Waals surface area contributed by atoms with Crippen LogP contribution in [0.5, 0.6) is 0 Å². The summed E-state index contributed by atoms with van der Waals surface area (Å²) in [5, 5.41) is 3.06. The van der Waals surface area contributed by atoms with E-state index in [2.05, 4.69) is 10.3 Å². The zero-order valence-corrected chi connectivity index (χ0v) is 15.1. The summed E-state index contributed by atoms with van der Waals surface area (Å²) in [5.41, 5.74) is 0.911. The van der Waals surface area contributed by atoms with Crippen molar-refractivity contribution in [2.75, 3.05) is 18.2 Å². The van der Waals surface area contributed by atoms with Gasteiger partial charge in [0.1, 0.15) is 12.1 Å². The number of thioether (sulfide) groups is 1. The van der Waals surface area contributed by atoms with E-state index in [1.807, 2.05) is 19.1 Å². The van der Waals surface area contributed by atoms with E-state index in [-0.39, 0.29) is 24.6 Å². The second-order valence-electron chi connectivity index (χ2n) is 5.18. The van der Waals surface area contributed by atoms with Crippen LogP contribution in [0.4, 0.5) is 5.69 Å². The minimum Gasteiger partial charge on any atom is -0.462 e. The van der Waals surface area contributed by atoms with Crippen LogP contribution in [0.25, 0.3) is 0 Å². The Balaban J connectivity index is 2.26. The highest BCUT2D eigenvalue weighted by Gasteiger charge is 2.18. The number of carbonyl (C=O) groups excluding carboxylic acids is 2. The van der Waals surface area contributed by atoms with E-state index in [9.17, 15) is 14.4 Å². The highest BCUT2D eigenvalue weighted by atomic mass is 32.2. The van der Waals surface area contributed by atoms with Crippen molar-refractivity contribution in [2.45, 2.75) is 25.5 Å². The third kappa shape index (κ3) is 4.69. The number of esters is 1. The van der Waals surface area contributed by atoms with Crippen molar-refractivity contribution in [1.82, 2.24) is 9.55 Å². The van der Waals surface area contributed by atoms with Crippen LogP contribution in [0.1, 0.15) is 22.8 Å². The SMILES string of the molecule is CCOC(=O)c1cnc(SC)n(CC(=O)Nc2ccc(C)cc2)c1=O. The van der Waals surface area contributed by atoms with E-state index < -0.39 is 11.5 Å². The summed E-state index contributed by atoms with van der Waals surface area (Å²) in [7, 11) is 0. The van der Waals surface area contributed by atoms with Gasteiger partial charge in [-0.15, -0.1) is 0 Å². The average Bonchev–Trinajstić information content (AvgIpc) is 2.58. The summed E-state index contributed by atoms with van der Waals surface area (Å²) in [6, 6.07) is 7.30. The number of carbonyl (C=O) groups is 2. The van der Waals surface area contributed by atoms with Crippen LogP contribution in [0, 0.1) is 6.92 Å². The van der Waals surface area contributed by atoms with Crippen molar-refractivity contribution in [2.24, 2.45) is 0 Å². The molecule has 25 heavy (non-hydrogen) atoms. The third-order valence-electron chi connectivity index (χ3n) is 3.33. The molecule has 8 heteroatoms. The van der Waals surface area contributed by atoms with Gasteiger partial charge in [-0.1, -0.05) is 29.5 Å². The molecule has 2 rings (SSSR count). The fourth-order valence-electron chi connectivity index (χ4n) is 2.11. The first-order valence-electron chi connectivity index (χ1n) is 7.63. The first-order chi connectivity index (χ1) is 12.0. The lowest BCUT2D eigenvalue weighted by atomic mass is 10.2. The summed E-state index contributed by atoms with van der Waals surface area (Å²) in [6.07, 6.45) is 2.92. The Labute approximate surface area is 149 Å². The Bertz CT molecular complexity index is 831. The highest BCUT2D eigenvalue weighted by molar-refractivity contribution is 7.98. The molecule has 0 aliphatic heterocycles. The largest absolute Gasteiger partial charge is 0.462 e. The Hall–Kier alpha value is -2.61. The summed E-state index contributed by atoms with van der Waals surface area (Å²) >= 11 is 1.21. The lowest BCUT2D eigenvalue weighted by Crippen LogP contribution is -2.33. The minimum atomic E-state index is -0.750. The van der Waals surface area contributed by atoms with E-state index in [1.54, 1.807) is 25.3 Å². The minimum absolute atomic E-state index is 0.149. The van der Waals surface area contributed by atoms with Crippen LogP contribution >= 0.6 is 11.8 Å². The Morgan fingerprint density at radius 3 is 2.56 bits per heavy atom. The number of hydrogen-bond acceptors (Lipinski definition) is 6. The second-order valence-corrected chi connectivity index (χ2v) is 5.96. The van der Waals surface area contributed by atoms with Gasteiger partial charge < -0.3 is 10.1 Å². The molecule has 0 aliphatic rings. The van der Waals surface area contributed by atoms with Crippen LogP contribution in [0.3, 0.4) is 0 Å². The molecule has 1 aromatic heterocycles. The van der Waals surface area contributed by atoms with Crippen LogP contribution in [0.2, 0.25) is 0 Å². The lowest BCUT2D eigenvalue weighted by Gasteiger charge is -2.12. The number of nitrogens with zero attached hydrogens (tertiary/aromatic N) is 2. The lowest BCUT2D eigenvalue weighted by molar-refractivity contribution is -0.116. The van der Waals surface area contributed by atoms with Crippen molar-refractivity contribution in [1.29, 1.82) is 0 Å². The third-order valence-corrected chi connectivity index (χ3v) is 4.02. The highest BCUT2D eigenvalue weighted by Crippen LogP contribution is 2.12. The van der Waals surface area contributed by atoms with E-state index >= 15 is 0 Å². The first-order valence-corrected chi connectivity index (χ1v) is 8.86. The van der Waals surface area contributed by atoms with E-state index in [1.165, 1.54) is 22.5 Å². The molecule has 1 N–H and O–H groups in total. The molecule has 1 amide bonds. The van der Waals surface area contributed by atoms with Crippen LogP contribution in [0.15, 0.2) is 40.4 Å².